The maximum atomic E-state index is 13.1. The highest BCUT2D eigenvalue weighted by Gasteiger charge is 2.30. The minimum Gasteiger partial charge on any atom is -0.497 e. The van der Waals surface area contributed by atoms with Gasteiger partial charge in [-0.1, -0.05) is 30.3 Å². The molecule has 5 rings (SSSR count). The van der Waals surface area contributed by atoms with Gasteiger partial charge in [0.2, 0.25) is 0 Å². The molecule has 0 fully saturated rings. The molecule has 0 aliphatic carbocycles. The highest BCUT2D eigenvalue weighted by atomic mass is 16.5. The highest BCUT2D eigenvalue weighted by Crippen LogP contribution is 2.39. The van der Waals surface area contributed by atoms with Crippen molar-refractivity contribution < 1.29 is 14.3 Å². The van der Waals surface area contributed by atoms with Crippen LogP contribution < -0.4 is 19.3 Å². The smallest absolute Gasteiger partial charge is 0.258 e. The van der Waals surface area contributed by atoms with Crippen molar-refractivity contribution in [1.82, 2.24) is 0 Å². The van der Waals surface area contributed by atoms with Crippen LogP contribution in [-0.4, -0.2) is 26.7 Å². The van der Waals surface area contributed by atoms with Gasteiger partial charge in [0, 0.05) is 34.7 Å². The second-order valence-electron chi connectivity index (χ2n) is 8.45. The SMILES string of the molecule is CCN1C(=O)C(=Cc2ccc(N(c3ccc(OC)cc3)c3ccc(OC)cc3)cc2)c2ccccc21. The first-order valence-electron chi connectivity index (χ1n) is 11.9. The molecule has 5 heteroatoms. The van der Waals surface area contributed by atoms with E-state index in [1.807, 2.05) is 103 Å². The molecule has 0 radical (unpaired) electrons. The zero-order chi connectivity index (χ0) is 25.1. The van der Waals surface area contributed by atoms with Crippen molar-refractivity contribution in [3.8, 4) is 11.5 Å². The predicted molar refractivity (Wildman–Crippen MR) is 147 cm³/mol. The molecule has 4 aromatic rings. The Kier molecular flexibility index (Phi) is 6.46. The fraction of sp³-hybridized carbons (Fsp3) is 0.129. The van der Waals surface area contributed by atoms with Gasteiger partial charge in [-0.15, -0.1) is 0 Å². The standard InChI is InChI=1S/C31H28N2O3/c1-4-32-30-8-6-5-7-28(30)29(31(32)34)21-22-9-11-23(12-10-22)33(24-13-17-26(35-2)18-14-24)25-15-19-27(36-3)20-16-25/h5-21H,4H2,1-3H3. The summed E-state index contributed by atoms with van der Waals surface area (Å²) in [6.07, 6.45) is 1.98. The number of hydrogen-bond donors (Lipinski definition) is 0. The molecule has 1 heterocycles. The average molecular weight is 477 g/mol. The monoisotopic (exact) mass is 476 g/mol. The van der Waals surface area contributed by atoms with Gasteiger partial charge in [0.25, 0.3) is 5.91 Å². The van der Waals surface area contributed by atoms with Crippen LogP contribution in [-0.2, 0) is 4.79 Å². The van der Waals surface area contributed by atoms with Crippen LogP contribution in [0.3, 0.4) is 0 Å². The molecule has 180 valence electrons. The lowest BCUT2D eigenvalue weighted by molar-refractivity contribution is -0.112. The molecule has 5 nitrogen and oxygen atoms in total. The second kappa shape index (κ2) is 10.0. The van der Waals surface area contributed by atoms with E-state index in [1.165, 1.54) is 0 Å². The predicted octanol–water partition coefficient (Wildman–Crippen LogP) is 7.08. The number of likely N-dealkylation sites (N-methyl/N-ethyl adjacent to an activating group) is 1. The van der Waals surface area contributed by atoms with Crippen LogP contribution in [0.2, 0.25) is 0 Å². The summed E-state index contributed by atoms with van der Waals surface area (Å²) in [4.78, 5) is 17.1. The summed E-state index contributed by atoms with van der Waals surface area (Å²) in [5.74, 6) is 1.65. The Morgan fingerprint density at radius 3 is 1.72 bits per heavy atom. The van der Waals surface area contributed by atoms with Crippen LogP contribution >= 0.6 is 0 Å². The maximum absolute atomic E-state index is 13.1. The van der Waals surface area contributed by atoms with Crippen molar-refractivity contribution in [2.45, 2.75) is 6.92 Å². The lowest BCUT2D eigenvalue weighted by atomic mass is 10.0. The average Bonchev–Trinajstić information content (AvgIpc) is 3.20. The highest BCUT2D eigenvalue weighted by molar-refractivity contribution is 6.35. The van der Waals surface area contributed by atoms with E-state index in [4.69, 9.17) is 9.47 Å². The number of amides is 1. The second-order valence-corrected chi connectivity index (χ2v) is 8.45. The van der Waals surface area contributed by atoms with Crippen LogP contribution in [0.5, 0.6) is 11.5 Å². The number of ether oxygens (including phenoxy) is 2. The Morgan fingerprint density at radius 2 is 1.22 bits per heavy atom. The lowest BCUT2D eigenvalue weighted by Crippen LogP contribution is -2.25. The normalized spacial score (nSPS) is 13.6. The number of rotatable bonds is 7. The first-order valence-corrected chi connectivity index (χ1v) is 11.9. The zero-order valence-corrected chi connectivity index (χ0v) is 20.6. The third kappa shape index (κ3) is 4.31. The lowest BCUT2D eigenvalue weighted by Gasteiger charge is -2.26. The molecule has 1 amide bonds. The van der Waals surface area contributed by atoms with Crippen molar-refractivity contribution in [3.63, 3.8) is 0 Å². The number of methoxy groups -OCH3 is 2. The number of nitrogens with zero attached hydrogens (tertiary/aromatic N) is 2. The number of anilines is 4. The van der Waals surface area contributed by atoms with E-state index in [1.54, 1.807) is 14.2 Å². The maximum Gasteiger partial charge on any atom is 0.258 e. The van der Waals surface area contributed by atoms with Gasteiger partial charge in [-0.3, -0.25) is 4.79 Å². The van der Waals surface area contributed by atoms with Gasteiger partial charge in [-0.05, 0) is 85.3 Å². The molecule has 1 aliphatic rings. The number of carbonyl (C=O) groups is 1. The first-order chi connectivity index (χ1) is 17.6. The van der Waals surface area contributed by atoms with Crippen molar-refractivity contribution in [1.29, 1.82) is 0 Å². The molecule has 0 atom stereocenters. The third-order valence-corrected chi connectivity index (χ3v) is 6.40. The molecule has 0 saturated carbocycles. The number of benzene rings is 4. The molecule has 0 saturated heterocycles. The minimum atomic E-state index is 0.0425. The molecule has 0 N–H and O–H groups in total. The van der Waals surface area contributed by atoms with Crippen LogP contribution in [0.1, 0.15) is 18.1 Å². The summed E-state index contributed by atoms with van der Waals surface area (Å²) >= 11 is 0. The van der Waals surface area contributed by atoms with E-state index in [-0.39, 0.29) is 5.91 Å². The minimum absolute atomic E-state index is 0.0425. The van der Waals surface area contributed by atoms with Crippen LogP contribution in [0, 0.1) is 0 Å². The van der Waals surface area contributed by atoms with E-state index < -0.39 is 0 Å². The quantitative estimate of drug-likeness (QED) is 0.267. The molecule has 1 aliphatic heterocycles. The molecular formula is C31H28N2O3. The largest absolute Gasteiger partial charge is 0.497 e. The number of para-hydroxylation sites is 1. The van der Waals surface area contributed by atoms with Gasteiger partial charge in [-0.2, -0.15) is 0 Å². The molecule has 0 aromatic heterocycles. The van der Waals surface area contributed by atoms with Gasteiger partial charge in [-0.25, -0.2) is 0 Å². The Morgan fingerprint density at radius 1 is 0.722 bits per heavy atom. The summed E-state index contributed by atoms with van der Waals surface area (Å²) in [6.45, 7) is 2.64. The Balaban J connectivity index is 1.51. The van der Waals surface area contributed by atoms with Gasteiger partial charge < -0.3 is 19.3 Å². The van der Waals surface area contributed by atoms with Crippen LogP contribution in [0.15, 0.2) is 97.1 Å². The van der Waals surface area contributed by atoms with Gasteiger partial charge in [0.1, 0.15) is 11.5 Å². The summed E-state index contributed by atoms with van der Waals surface area (Å²) < 4.78 is 10.7. The van der Waals surface area contributed by atoms with Gasteiger partial charge in [0.15, 0.2) is 0 Å². The van der Waals surface area contributed by atoms with Gasteiger partial charge in [0.05, 0.1) is 19.9 Å². The van der Waals surface area contributed by atoms with Crippen LogP contribution in [0.4, 0.5) is 22.7 Å². The van der Waals surface area contributed by atoms with Crippen molar-refractivity contribution >= 4 is 40.3 Å². The van der Waals surface area contributed by atoms with E-state index >= 15 is 0 Å². The van der Waals surface area contributed by atoms with E-state index in [9.17, 15) is 4.79 Å². The molecule has 4 aromatic carbocycles. The number of fused-ring (bicyclic) bond motifs is 1. The fourth-order valence-corrected chi connectivity index (χ4v) is 4.56. The third-order valence-electron chi connectivity index (χ3n) is 6.40. The first kappa shape index (κ1) is 23.2. The number of hydrogen-bond acceptors (Lipinski definition) is 4. The van der Waals surface area contributed by atoms with Crippen molar-refractivity contribution in [2.24, 2.45) is 0 Å². The molecule has 0 bridgehead atoms. The Hall–Kier alpha value is -4.51. The molecule has 36 heavy (non-hydrogen) atoms. The summed E-state index contributed by atoms with van der Waals surface area (Å²) in [7, 11) is 3.33. The van der Waals surface area contributed by atoms with Crippen LogP contribution in [0.25, 0.3) is 11.6 Å². The van der Waals surface area contributed by atoms with E-state index in [2.05, 4.69) is 17.0 Å². The summed E-state index contributed by atoms with van der Waals surface area (Å²) in [6, 6.07) is 32.1. The Bertz CT molecular complexity index is 1340. The fourth-order valence-electron chi connectivity index (χ4n) is 4.56. The molecular weight excluding hydrogens is 448 g/mol. The molecule has 0 spiro atoms. The van der Waals surface area contributed by atoms with Crippen molar-refractivity contribution in [2.75, 3.05) is 30.6 Å². The summed E-state index contributed by atoms with van der Waals surface area (Å²) in [5.41, 5.74) is 6.66. The zero-order valence-electron chi connectivity index (χ0n) is 20.6. The van der Waals surface area contributed by atoms with Gasteiger partial charge >= 0.3 is 0 Å². The topological polar surface area (TPSA) is 42.0 Å². The van der Waals surface area contributed by atoms with E-state index in [0.29, 0.717) is 6.54 Å². The van der Waals surface area contributed by atoms with Crippen molar-refractivity contribution in [3.05, 3.63) is 108 Å². The van der Waals surface area contributed by atoms with E-state index in [0.717, 1.165) is 50.9 Å². The number of carbonyl (C=O) groups excluding carboxylic acids is 1. The summed E-state index contributed by atoms with van der Waals surface area (Å²) in [5, 5.41) is 0. The Labute approximate surface area is 211 Å². The molecule has 0 unspecified atom stereocenters.